The molecule has 0 amide bonds. The molecule has 0 heterocycles. The first-order valence-electron chi connectivity index (χ1n) is 19.6. The molecule has 0 aliphatic rings. The van der Waals surface area contributed by atoms with Gasteiger partial charge in [0, 0.05) is 40.9 Å². The first kappa shape index (κ1) is 33.0. The van der Waals surface area contributed by atoms with Gasteiger partial charge in [0.05, 0.1) is 0 Å². The van der Waals surface area contributed by atoms with E-state index in [-0.39, 0.29) is 0 Å². The van der Waals surface area contributed by atoms with Crippen LogP contribution in [0.3, 0.4) is 0 Å². The second-order valence-electron chi connectivity index (χ2n) is 15.0. The van der Waals surface area contributed by atoms with Gasteiger partial charge < -0.3 is 9.80 Å². The number of rotatable bonds is 7. The maximum atomic E-state index is 2.35. The topological polar surface area (TPSA) is 6.48 Å². The molecule has 11 aromatic carbocycles. The quantitative estimate of drug-likeness (QED) is 0.119. The van der Waals surface area contributed by atoms with E-state index in [2.05, 4.69) is 229 Å². The lowest BCUT2D eigenvalue weighted by Gasteiger charge is -2.26. The van der Waals surface area contributed by atoms with Crippen molar-refractivity contribution >= 4 is 82.3 Å². The Balaban J connectivity index is 0.921. The summed E-state index contributed by atoms with van der Waals surface area (Å²) >= 11 is 0. The third-order valence-electron chi connectivity index (χ3n) is 11.8. The van der Waals surface area contributed by atoms with Gasteiger partial charge in [0.15, 0.2) is 0 Å². The molecule has 2 heteroatoms. The summed E-state index contributed by atoms with van der Waals surface area (Å²) < 4.78 is 0. The summed E-state index contributed by atoms with van der Waals surface area (Å²) in [5.74, 6) is 0. The molecule has 0 saturated heterocycles. The van der Waals surface area contributed by atoms with Gasteiger partial charge in [0.1, 0.15) is 0 Å². The van der Waals surface area contributed by atoms with Crippen LogP contribution in [0.4, 0.5) is 28.4 Å². The van der Waals surface area contributed by atoms with E-state index in [1.54, 1.807) is 0 Å². The first-order chi connectivity index (χ1) is 28.2. The van der Waals surface area contributed by atoms with Crippen molar-refractivity contribution in [3.63, 3.8) is 0 Å². The Bertz CT molecular complexity index is 3170. The molecular formula is C55H38N2. The van der Waals surface area contributed by atoms with Crippen LogP contribution in [-0.2, 0) is 0 Å². The van der Waals surface area contributed by atoms with Gasteiger partial charge in [-0.25, -0.2) is 0 Å². The van der Waals surface area contributed by atoms with Crippen molar-refractivity contribution in [2.45, 2.75) is 0 Å². The smallest absolute Gasteiger partial charge is 0.0488 e. The summed E-state index contributed by atoms with van der Waals surface area (Å²) in [6.07, 6.45) is 0. The lowest BCUT2D eigenvalue weighted by molar-refractivity contribution is 1.22. The van der Waals surface area contributed by atoms with E-state index in [1.165, 1.54) is 81.8 Å². The lowest BCUT2D eigenvalue weighted by Crippen LogP contribution is -2.10. The highest BCUT2D eigenvalue weighted by Gasteiger charge is 2.18. The minimum absolute atomic E-state index is 1.11. The van der Waals surface area contributed by atoms with Crippen LogP contribution in [-0.4, -0.2) is 7.05 Å². The summed E-state index contributed by atoms with van der Waals surface area (Å²) in [7, 11) is 2.18. The maximum Gasteiger partial charge on any atom is 0.0488 e. The Morgan fingerprint density at radius 1 is 0.281 bits per heavy atom. The SMILES string of the molecule is CN(c1ccc(-c2ccc(N(c3ccc(-c4ccccc4)cc3)c3ccc4ccccc4c3)cc2)cc1)c1ccc2c3cccc4cccc(c5cccc1c52)c43. The Labute approximate surface area is 332 Å². The number of benzene rings is 11. The number of anilines is 5. The Morgan fingerprint density at radius 3 is 1.37 bits per heavy atom. The molecule has 268 valence electrons. The molecule has 0 aliphatic carbocycles. The van der Waals surface area contributed by atoms with Crippen molar-refractivity contribution in [3.05, 3.63) is 212 Å². The van der Waals surface area contributed by atoms with Gasteiger partial charge in [-0.2, -0.15) is 0 Å². The number of hydrogen-bond acceptors (Lipinski definition) is 2. The highest BCUT2D eigenvalue weighted by atomic mass is 15.1. The van der Waals surface area contributed by atoms with Gasteiger partial charge in [-0.3, -0.25) is 0 Å². The van der Waals surface area contributed by atoms with E-state index >= 15 is 0 Å². The van der Waals surface area contributed by atoms with Gasteiger partial charge in [-0.05, 0) is 125 Å². The molecule has 0 N–H and O–H groups in total. The molecule has 0 spiro atoms. The van der Waals surface area contributed by atoms with Crippen molar-refractivity contribution in [1.29, 1.82) is 0 Å². The van der Waals surface area contributed by atoms with Crippen LogP contribution in [0.15, 0.2) is 212 Å². The molecular weight excluding hydrogens is 689 g/mol. The van der Waals surface area contributed by atoms with Crippen molar-refractivity contribution in [2.75, 3.05) is 16.8 Å². The van der Waals surface area contributed by atoms with E-state index in [9.17, 15) is 0 Å². The van der Waals surface area contributed by atoms with Crippen molar-refractivity contribution in [3.8, 4) is 22.3 Å². The van der Waals surface area contributed by atoms with Crippen molar-refractivity contribution in [2.24, 2.45) is 0 Å². The third kappa shape index (κ3) is 5.57. The average molecular weight is 727 g/mol. The zero-order chi connectivity index (χ0) is 37.9. The van der Waals surface area contributed by atoms with Crippen molar-refractivity contribution in [1.82, 2.24) is 0 Å². The monoisotopic (exact) mass is 726 g/mol. The van der Waals surface area contributed by atoms with Gasteiger partial charge in [0.25, 0.3) is 0 Å². The van der Waals surface area contributed by atoms with Crippen LogP contribution in [0.25, 0.3) is 76.1 Å². The third-order valence-corrected chi connectivity index (χ3v) is 11.8. The average Bonchev–Trinajstić information content (AvgIpc) is 3.28. The molecule has 0 bridgehead atoms. The number of hydrogen-bond donors (Lipinski definition) is 0. The zero-order valence-corrected chi connectivity index (χ0v) is 31.6. The van der Waals surface area contributed by atoms with Crippen LogP contribution in [0.2, 0.25) is 0 Å². The first-order valence-corrected chi connectivity index (χ1v) is 19.6. The molecule has 57 heavy (non-hydrogen) atoms. The second kappa shape index (κ2) is 13.4. The lowest BCUT2D eigenvalue weighted by atomic mass is 9.89. The molecule has 11 rings (SSSR count). The Morgan fingerprint density at radius 2 is 0.737 bits per heavy atom. The van der Waals surface area contributed by atoms with Gasteiger partial charge in [-0.15, -0.1) is 0 Å². The predicted molar refractivity (Wildman–Crippen MR) is 245 cm³/mol. The summed E-state index contributed by atoms with van der Waals surface area (Å²) in [6, 6.07) is 77.4. The van der Waals surface area contributed by atoms with E-state index < -0.39 is 0 Å². The summed E-state index contributed by atoms with van der Waals surface area (Å²) in [4.78, 5) is 4.67. The van der Waals surface area contributed by atoms with E-state index in [0.29, 0.717) is 0 Å². The van der Waals surface area contributed by atoms with Crippen molar-refractivity contribution < 1.29 is 0 Å². The molecule has 0 unspecified atom stereocenters. The minimum atomic E-state index is 1.11. The van der Waals surface area contributed by atoms with Gasteiger partial charge >= 0.3 is 0 Å². The summed E-state index contributed by atoms with van der Waals surface area (Å²) in [6.45, 7) is 0. The molecule has 0 saturated carbocycles. The Hall–Kier alpha value is -7.42. The molecule has 0 fully saturated rings. The molecule has 0 aliphatic heterocycles. The van der Waals surface area contributed by atoms with Gasteiger partial charge in [-0.1, -0.05) is 158 Å². The standard InChI is InChI=1S/C55H38N2/c1-56(53-35-34-51-49-17-8-15-42-14-7-16-48(54(42)49)50-18-9-19-52(53)55(50)51)44-27-20-40(21-28-44)41-24-31-46(32-25-41)57(47-33-26-38-12-5-6-13-43(38)36-47)45-29-22-39(23-30-45)37-10-3-2-4-11-37/h2-36H,1H3. The van der Waals surface area contributed by atoms with Crippen LogP contribution < -0.4 is 9.80 Å². The Kier molecular flexibility index (Phi) is 7.75. The van der Waals surface area contributed by atoms with Crippen LogP contribution in [0.1, 0.15) is 0 Å². The molecule has 0 radical (unpaired) electrons. The molecule has 2 nitrogen and oxygen atoms in total. The number of fused-ring (bicyclic) bond motifs is 3. The zero-order valence-electron chi connectivity index (χ0n) is 31.6. The number of nitrogens with zero attached hydrogens (tertiary/aromatic N) is 2. The van der Waals surface area contributed by atoms with Crippen LogP contribution in [0, 0.1) is 0 Å². The van der Waals surface area contributed by atoms with Crippen LogP contribution >= 0.6 is 0 Å². The van der Waals surface area contributed by atoms with Crippen LogP contribution in [0.5, 0.6) is 0 Å². The van der Waals surface area contributed by atoms with E-state index in [1.807, 2.05) is 0 Å². The predicted octanol–water partition coefficient (Wildman–Crippen LogP) is 15.5. The normalized spacial score (nSPS) is 11.6. The molecule has 0 aromatic heterocycles. The largest absolute Gasteiger partial charge is 0.344 e. The molecule has 11 aromatic rings. The highest BCUT2D eigenvalue weighted by molar-refractivity contribution is 6.34. The fourth-order valence-corrected chi connectivity index (χ4v) is 8.94. The highest BCUT2D eigenvalue weighted by Crippen LogP contribution is 2.44. The van der Waals surface area contributed by atoms with E-state index in [4.69, 9.17) is 0 Å². The maximum absolute atomic E-state index is 2.35. The second-order valence-corrected chi connectivity index (χ2v) is 15.0. The van der Waals surface area contributed by atoms with Gasteiger partial charge in [0.2, 0.25) is 0 Å². The summed E-state index contributed by atoms with van der Waals surface area (Å²) in [5, 5.41) is 12.9. The van der Waals surface area contributed by atoms with E-state index in [0.717, 1.165) is 22.7 Å². The fourth-order valence-electron chi connectivity index (χ4n) is 8.94. The molecule has 0 atom stereocenters. The fraction of sp³-hybridized carbons (Fsp3) is 0.0182. The minimum Gasteiger partial charge on any atom is -0.344 e. The summed E-state index contributed by atoms with van der Waals surface area (Å²) in [5.41, 5.74) is 10.5.